The maximum absolute atomic E-state index is 5.52. The summed E-state index contributed by atoms with van der Waals surface area (Å²) in [6.07, 6.45) is 1.97. The van der Waals surface area contributed by atoms with E-state index in [1.165, 1.54) is 0 Å². The summed E-state index contributed by atoms with van der Waals surface area (Å²) < 4.78 is 11.8. The van der Waals surface area contributed by atoms with Gasteiger partial charge >= 0.3 is 0 Å². The van der Waals surface area contributed by atoms with Crippen molar-refractivity contribution < 1.29 is 9.47 Å². The van der Waals surface area contributed by atoms with Crippen LogP contribution in [0.5, 0.6) is 0 Å². The Kier molecular flexibility index (Phi) is 4.71. The van der Waals surface area contributed by atoms with Crippen LogP contribution >= 0.6 is 15.9 Å². The van der Waals surface area contributed by atoms with Gasteiger partial charge in [0.2, 0.25) is 0 Å². The van der Waals surface area contributed by atoms with E-state index in [0.717, 1.165) is 23.3 Å². The van der Waals surface area contributed by atoms with E-state index in [4.69, 9.17) is 9.47 Å². The van der Waals surface area contributed by atoms with E-state index >= 15 is 0 Å². The molecular weight excluding hydrogens is 272 g/mol. The summed E-state index contributed by atoms with van der Waals surface area (Å²) in [5, 5.41) is 3.31. The van der Waals surface area contributed by atoms with Crippen LogP contribution in [0.25, 0.3) is 0 Å². The third kappa shape index (κ3) is 3.83. The zero-order chi connectivity index (χ0) is 11.2. The van der Waals surface area contributed by atoms with E-state index in [0.29, 0.717) is 19.8 Å². The van der Waals surface area contributed by atoms with Crippen molar-refractivity contribution in [2.24, 2.45) is 0 Å². The maximum atomic E-state index is 5.52. The van der Waals surface area contributed by atoms with Gasteiger partial charge in [-0.2, -0.15) is 0 Å². The van der Waals surface area contributed by atoms with Crippen molar-refractivity contribution in [2.45, 2.75) is 12.6 Å². The lowest BCUT2D eigenvalue weighted by molar-refractivity contribution is -0.0864. The number of nitrogens with zero attached hydrogens (tertiary/aromatic N) is 1. The minimum Gasteiger partial charge on any atom is -0.376 e. The molecule has 4 nitrogen and oxygen atoms in total. The molecule has 0 saturated carbocycles. The first kappa shape index (κ1) is 12.0. The monoisotopic (exact) mass is 286 g/mol. The second-order valence-corrected chi connectivity index (χ2v) is 4.58. The summed E-state index contributed by atoms with van der Waals surface area (Å²) in [7, 11) is 0. The van der Waals surface area contributed by atoms with Gasteiger partial charge < -0.3 is 14.8 Å². The van der Waals surface area contributed by atoms with Crippen LogP contribution in [0.3, 0.4) is 0 Å². The fourth-order valence-corrected chi connectivity index (χ4v) is 1.76. The highest BCUT2D eigenvalue weighted by Crippen LogP contribution is 2.07. The number of hydrogen-bond donors (Lipinski definition) is 1. The molecule has 1 aliphatic heterocycles. The van der Waals surface area contributed by atoms with Crippen molar-refractivity contribution in [2.75, 3.05) is 26.4 Å². The van der Waals surface area contributed by atoms with E-state index in [1.54, 1.807) is 6.20 Å². The molecule has 88 valence electrons. The molecule has 1 N–H and O–H groups in total. The lowest BCUT2D eigenvalue weighted by Gasteiger charge is -2.23. The molecule has 1 unspecified atom stereocenters. The Balaban J connectivity index is 1.69. The minimum absolute atomic E-state index is 0.171. The summed E-state index contributed by atoms with van der Waals surface area (Å²) in [5.74, 6) is 0. The van der Waals surface area contributed by atoms with Crippen LogP contribution in [0, 0.1) is 0 Å². The van der Waals surface area contributed by atoms with Crippen LogP contribution in [0.2, 0.25) is 0 Å². The van der Waals surface area contributed by atoms with Crippen LogP contribution in [-0.4, -0.2) is 37.5 Å². The first-order valence-electron chi connectivity index (χ1n) is 5.35. The van der Waals surface area contributed by atoms with Gasteiger partial charge in [0.25, 0.3) is 0 Å². The predicted molar refractivity (Wildman–Crippen MR) is 64.2 cm³/mol. The van der Waals surface area contributed by atoms with Gasteiger partial charge in [-0.15, -0.1) is 0 Å². The molecule has 2 heterocycles. The number of ether oxygens (including phenoxy) is 2. The number of pyridine rings is 1. The zero-order valence-corrected chi connectivity index (χ0v) is 10.6. The third-order valence-corrected chi connectivity index (χ3v) is 2.82. The van der Waals surface area contributed by atoms with E-state index in [9.17, 15) is 0 Å². The lowest BCUT2D eigenvalue weighted by Crippen LogP contribution is -2.37. The summed E-state index contributed by atoms with van der Waals surface area (Å²) in [6, 6.07) is 3.99. The van der Waals surface area contributed by atoms with Crippen LogP contribution in [-0.2, 0) is 16.0 Å². The fraction of sp³-hybridized carbons (Fsp3) is 0.545. The SMILES string of the molecule is Brc1ccc(CNCC2COCCO2)nc1. The summed E-state index contributed by atoms with van der Waals surface area (Å²) in [5.41, 5.74) is 1.03. The Hall–Kier alpha value is -0.490. The number of aromatic nitrogens is 1. The molecule has 1 aliphatic rings. The number of hydrogen-bond acceptors (Lipinski definition) is 4. The van der Waals surface area contributed by atoms with E-state index in [2.05, 4.69) is 26.2 Å². The van der Waals surface area contributed by atoms with Gasteiger partial charge in [-0.3, -0.25) is 4.98 Å². The van der Waals surface area contributed by atoms with E-state index < -0.39 is 0 Å². The zero-order valence-electron chi connectivity index (χ0n) is 8.99. The van der Waals surface area contributed by atoms with Crippen molar-refractivity contribution in [3.63, 3.8) is 0 Å². The molecule has 1 saturated heterocycles. The smallest absolute Gasteiger partial charge is 0.0933 e. The summed E-state index contributed by atoms with van der Waals surface area (Å²) in [6.45, 7) is 3.65. The van der Waals surface area contributed by atoms with Crippen molar-refractivity contribution in [1.29, 1.82) is 0 Å². The van der Waals surface area contributed by atoms with Gasteiger partial charge in [0, 0.05) is 23.8 Å². The molecule has 5 heteroatoms. The average molecular weight is 287 g/mol. The molecule has 0 aromatic carbocycles. The second-order valence-electron chi connectivity index (χ2n) is 3.67. The Morgan fingerprint density at radius 1 is 1.44 bits per heavy atom. The summed E-state index contributed by atoms with van der Waals surface area (Å²) in [4.78, 5) is 4.28. The number of nitrogens with one attached hydrogen (secondary N) is 1. The molecule has 16 heavy (non-hydrogen) atoms. The molecule has 0 aliphatic carbocycles. The Morgan fingerprint density at radius 3 is 3.06 bits per heavy atom. The molecule has 0 spiro atoms. The van der Waals surface area contributed by atoms with Crippen LogP contribution in [0.4, 0.5) is 0 Å². The first-order valence-corrected chi connectivity index (χ1v) is 6.14. The van der Waals surface area contributed by atoms with E-state index in [-0.39, 0.29) is 6.10 Å². The van der Waals surface area contributed by atoms with Gasteiger partial charge in [0.05, 0.1) is 31.6 Å². The third-order valence-electron chi connectivity index (χ3n) is 2.35. The number of rotatable bonds is 4. The highest BCUT2D eigenvalue weighted by molar-refractivity contribution is 9.10. The molecule has 0 amide bonds. The van der Waals surface area contributed by atoms with E-state index in [1.807, 2.05) is 12.1 Å². The average Bonchev–Trinajstić information content (AvgIpc) is 2.33. The molecule has 2 rings (SSSR count). The minimum atomic E-state index is 0.171. The van der Waals surface area contributed by atoms with Crippen molar-refractivity contribution in [3.05, 3.63) is 28.5 Å². The van der Waals surface area contributed by atoms with Gasteiger partial charge in [-0.05, 0) is 28.1 Å². The fourth-order valence-electron chi connectivity index (χ4n) is 1.53. The van der Waals surface area contributed by atoms with Crippen molar-refractivity contribution >= 4 is 15.9 Å². The predicted octanol–water partition coefficient (Wildman–Crippen LogP) is 1.35. The normalized spacial score (nSPS) is 20.9. The molecule has 0 radical (unpaired) electrons. The molecule has 1 aromatic rings. The first-order chi connectivity index (χ1) is 7.84. The van der Waals surface area contributed by atoms with Crippen molar-refractivity contribution in [3.8, 4) is 0 Å². The van der Waals surface area contributed by atoms with Crippen LogP contribution in [0.1, 0.15) is 5.69 Å². The Bertz CT molecular complexity index is 312. The molecule has 1 aromatic heterocycles. The molecule has 0 bridgehead atoms. The summed E-state index contributed by atoms with van der Waals surface area (Å²) >= 11 is 3.36. The topological polar surface area (TPSA) is 43.4 Å². The Labute approximate surface area is 103 Å². The van der Waals surface area contributed by atoms with Crippen molar-refractivity contribution in [1.82, 2.24) is 10.3 Å². The van der Waals surface area contributed by atoms with Crippen LogP contribution < -0.4 is 5.32 Å². The van der Waals surface area contributed by atoms with Gasteiger partial charge in [0.15, 0.2) is 0 Å². The highest BCUT2D eigenvalue weighted by Gasteiger charge is 2.13. The van der Waals surface area contributed by atoms with Gasteiger partial charge in [-0.25, -0.2) is 0 Å². The molecular formula is C11H15BrN2O2. The highest BCUT2D eigenvalue weighted by atomic mass is 79.9. The molecule has 1 atom stereocenters. The van der Waals surface area contributed by atoms with Gasteiger partial charge in [-0.1, -0.05) is 0 Å². The second kappa shape index (κ2) is 6.30. The number of halogens is 1. The standard InChI is InChI=1S/C11H15BrN2O2/c12-9-1-2-10(14-5-9)6-13-7-11-8-15-3-4-16-11/h1-2,5,11,13H,3-4,6-8H2. The van der Waals surface area contributed by atoms with Crippen LogP contribution in [0.15, 0.2) is 22.8 Å². The van der Waals surface area contributed by atoms with Gasteiger partial charge in [0.1, 0.15) is 0 Å². The molecule has 1 fully saturated rings. The lowest BCUT2D eigenvalue weighted by atomic mass is 10.3. The largest absolute Gasteiger partial charge is 0.376 e. The quantitative estimate of drug-likeness (QED) is 0.908. The maximum Gasteiger partial charge on any atom is 0.0933 e. The Morgan fingerprint density at radius 2 is 2.38 bits per heavy atom.